The Morgan fingerprint density at radius 2 is 0.878 bits per heavy atom. The number of aromatic amines is 2. The molecule has 41 heavy (non-hydrogen) atoms. The molecule has 0 fully saturated rings. The largest absolute Gasteiger partial charge is 0.355 e. The van der Waals surface area contributed by atoms with Gasteiger partial charge in [0.15, 0.2) is 0 Å². The molecule has 5 heterocycles. The van der Waals surface area contributed by atoms with Crippen molar-refractivity contribution < 1.29 is 17.6 Å². The van der Waals surface area contributed by atoms with E-state index in [0.29, 0.717) is 49.3 Å². The minimum absolute atomic E-state index is 0.204. The number of rotatable bonds is 2. The van der Waals surface area contributed by atoms with Crippen LogP contribution in [0.3, 0.4) is 0 Å². The van der Waals surface area contributed by atoms with Gasteiger partial charge in [0.1, 0.15) is 23.3 Å². The molecular weight excluding hydrogens is 596 g/mol. The Bertz CT molecular complexity index is 1940. The highest BCUT2D eigenvalue weighted by Crippen LogP contribution is 2.37. The minimum atomic E-state index is -0.720. The molecule has 2 aliphatic rings. The van der Waals surface area contributed by atoms with E-state index in [-0.39, 0.29) is 22.3 Å². The summed E-state index contributed by atoms with van der Waals surface area (Å²) in [6.07, 6.45) is 6.76. The Kier molecular flexibility index (Phi) is 5.97. The Labute approximate surface area is 238 Å². The Morgan fingerprint density at radius 3 is 1.29 bits per heavy atom. The lowest BCUT2D eigenvalue weighted by Gasteiger charge is -2.07. The molecule has 0 aliphatic carbocycles. The summed E-state index contributed by atoms with van der Waals surface area (Å²) in [7, 11) is 0. The van der Waals surface area contributed by atoms with Crippen LogP contribution in [0, 0.1) is 23.3 Å². The topological polar surface area (TPSA) is 57.4 Å². The van der Waals surface area contributed by atoms with Crippen molar-refractivity contribution in [2.45, 2.75) is 0 Å². The number of nitrogens with zero attached hydrogens (tertiary/aromatic N) is 2. The second kappa shape index (κ2) is 9.71. The van der Waals surface area contributed by atoms with Crippen LogP contribution in [-0.4, -0.2) is 19.9 Å². The van der Waals surface area contributed by atoms with Crippen molar-refractivity contribution in [1.82, 2.24) is 19.9 Å². The van der Waals surface area contributed by atoms with Crippen LogP contribution in [0.1, 0.15) is 22.8 Å². The average Bonchev–Trinajstić information content (AvgIpc) is 3.76. The fourth-order valence-corrected chi connectivity index (χ4v) is 5.55. The molecule has 2 aliphatic heterocycles. The number of benzene rings is 2. The zero-order valence-corrected chi connectivity index (χ0v) is 22.5. The number of fused-ring (bicyclic) bond motifs is 8. The highest BCUT2D eigenvalue weighted by molar-refractivity contribution is 9.10. The summed E-state index contributed by atoms with van der Waals surface area (Å²) in [6, 6.07) is 16.2. The number of aromatic nitrogens is 4. The van der Waals surface area contributed by atoms with Crippen molar-refractivity contribution in [3.8, 4) is 22.3 Å². The summed E-state index contributed by atoms with van der Waals surface area (Å²) < 4.78 is 60.7. The lowest BCUT2D eigenvalue weighted by Crippen LogP contribution is -1.94. The smallest absolute Gasteiger partial charge is 0.134 e. The highest BCUT2D eigenvalue weighted by atomic mass is 79.9. The lowest BCUT2D eigenvalue weighted by atomic mass is 10.0. The number of H-pyrrole nitrogens is 2. The third-order valence-corrected chi connectivity index (χ3v) is 7.75. The Morgan fingerprint density at radius 1 is 0.488 bits per heavy atom. The molecule has 0 amide bonds. The number of hydrogen-bond acceptors (Lipinski definition) is 2. The standard InChI is InChI=1S/C32H17BrF4N4/c33-32-26-13-11-24(40-26)30(28-18(34)3-1-4-19(28)35)22-9-7-16(38-22)15-17-8-10-23(39-17)31(25-12-14-27(32)41-25)29-20(36)5-2-6-21(29)37/h1-15,38-39H. The zero-order valence-electron chi connectivity index (χ0n) is 20.9. The van der Waals surface area contributed by atoms with E-state index >= 15 is 17.6 Å². The van der Waals surface area contributed by atoms with E-state index in [1.807, 2.05) is 0 Å². The predicted molar refractivity (Wildman–Crippen MR) is 157 cm³/mol. The van der Waals surface area contributed by atoms with Gasteiger partial charge in [-0.2, -0.15) is 0 Å². The molecule has 0 unspecified atom stereocenters. The molecule has 8 bridgehead atoms. The van der Waals surface area contributed by atoms with Gasteiger partial charge in [-0.15, -0.1) is 0 Å². The quantitative estimate of drug-likeness (QED) is 0.191. The van der Waals surface area contributed by atoms with Crippen LogP contribution in [0.2, 0.25) is 0 Å². The summed E-state index contributed by atoms with van der Waals surface area (Å²) >= 11 is 3.56. The number of hydrogen-bond donors (Lipinski definition) is 2. The second-order valence-corrected chi connectivity index (χ2v) is 10.3. The van der Waals surface area contributed by atoms with E-state index in [2.05, 4.69) is 35.9 Å². The van der Waals surface area contributed by atoms with Gasteiger partial charge in [0.25, 0.3) is 0 Å². The fraction of sp³-hybridized carbons (Fsp3) is 0. The van der Waals surface area contributed by atoms with E-state index < -0.39 is 23.3 Å². The van der Waals surface area contributed by atoms with Gasteiger partial charge in [-0.1, -0.05) is 12.1 Å². The Balaban J connectivity index is 1.63. The molecule has 200 valence electrons. The molecule has 5 aromatic rings. The van der Waals surface area contributed by atoms with E-state index in [1.54, 1.807) is 54.6 Å². The molecule has 0 radical (unpaired) electrons. The van der Waals surface area contributed by atoms with Crippen LogP contribution in [0.25, 0.3) is 68.6 Å². The first-order valence-corrected chi connectivity index (χ1v) is 13.3. The molecule has 4 nitrogen and oxygen atoms in total. The molecule has 2 aromatic carbocycles. The van der Waals surface area contributed by atoms with Gasteiger partial charge >= 0.3 is 0 Å². The molecule has 0 atom stereocenters. The van der Waals surface area contributed by atoms with Crippen LogP contribution >= 0.6 is 15.9 Å². The third kappa shape index (κ3) is 4.29. The molecule has 9 heteroatoms. The van der Waals surface area contributed by atoms with Crippen molar-refractivity contribution in [2.75, 3.05) is 0 Å². The molecule has 0 saturated heterocycles. The molecule has 0 spiro atoms. The normalized spacial score (nSPS) is 12.3. The molecule has 7 rings (SSSR count). The van der Waals surface area contributed by atoms with Gasteiger partial charge in [0, 0.05) is 33.2 Å². The second-order valence-electron chi connectivity index (χ2n) is 9.49. The van der Waals surface area contributed by atoms with Gasteiger partial charge in [0.2, 0.25) is 0 Å². The third-order valence-electron chi connectivity index (χ3n) is 6.93. The first-order chi connectivity index (χ1) is 19.9. The lowest BCUT2D eigenvalue weighted by molar-refractivity contribution is 0.589. The first-order valence-electron chi connectivity index (χ1n) is 12.5. The first kappa shape index (κ1) is 25.2. The van der Waals surface area contributed by atoms with Crippen LogP contribution in [0.4, 0.5) is 17.6 Å². The van der Waals surface area contributed by atoms with Crippen molar-refractivity contribution >= 4 is 62.3 Å². The maximum absolute atomic E-state index is 15.1. The summed E-state index contributed by atoms with van der Waals surface area (Å²) in [5, 5.41) is 0. The summed E-state index contributed by atoms with van der Waals surface area (Å²) in [6.45, 7) is 0. The summed E-state index contributed by atoms with van der Waals surface area (Å²) in [4.78, 5) is 15.8. The van der Waals surface area contributed by atoms with Crippen LogP contribution < -0.4 is 0 Å². The van der Waals surface area contributed by atoms with Gasteiger partial charge in [0.05, 0.1) is 38.4 Å². The van der Waals surface area contributed by atoms with Gasteiger partial charge in [-0.25, -0.2) is 27.5 Å². The Hall–Kier alpha value is -4.76. The van der Waals surface area contributed by atoms with Crippen LogP contribution in [0.15, 0.2) is 71.2 Å². The number of halogens is 5. The van der Waals surface area contributed by atoms with Crippen molar-refractivity contribution in [3.63, 3.8) is 0 Å². The SMILES string of the molecule is Fc1cccc(F)c1-c1c2nc(c(Br)c3nc(c(-c4c(F)cccc4F)c4ccc(cc5ccc1[nH]5)[nH]4)C=C3)C=C2. The zero-order chi connectivity index (χ0) is 28.2. The van der Waals surface area contributed by atoms with Gasteiger partial charge in [-0.3, -0.25) is 0 Å². The summed E-state index contributed by atoms with van der Waals surface area (Å²) in [5.74, 6) is -2.88. The maximum Gasteiger partial charge on any atom is 0.134 e. The van der Waals surface area contributed by atoms with Crippen molar-refractivity contribution in [2.24, 2.45) is 0 Å². The monoisotopic (exact) mass is 612 g/mol. The van der Waals surface area contributed by atoms with Crippen molar-refractivity contribution in [1.29, 1.82) is 0 Å². The van der Waals surface area contributed by atoms with E-state index in [0.717, 1.165) is 0 Å². The minimum Gasteiger partial charge on any atom is -0.355 e. The molecule has 3 aromatic heterocycles. The summed E-state index contributed by atoms with van der Waals surface area (Å²) in [5.41, 5.74) is 3.88. The average molecular weight is 613 g/mol. The van der Waals surface area contributed by atoms with E-state index in [4.69, 9.17) is 0 Å². The van der Waals surface area contributed by atoms with Crippen LogP contribution in [0.5, 0.6) is 0 Å². The fourth-order valence-electron chi connectivity index (χ4n) is 5.10. The number of nitrogens with one attached hydrogen (secondary N) is 2. The van der Waals surface area contributed by atoms with Crippen LogP contribution in [-0.2, 0) is 0 Å². The predicted octanol–water partition coefficient (Wildman–Crippen LogP) is 9.31. The molecule has 2 N–H and O–H groups in total. The molecule has 0 saturated carbocycles. The highest BCUT2D eigenvalue weighted by Gasteiger charge is 2.21. The van der Waals surface area contributed by atoms with Gasteiger partial charge < -0.3 is 9.97 Å². The van der Waals surface area contributed by atoms with Gasteiger partial charge in [-0.05, 0) is 94.8 Å². The van der Waals surface area contributed by atoms with E-state index in [9.17, 15) is 0 Å². The maximum atomic E-state index is 15.1. The van der Waals surface area contributed by atoms with Crippen molar-refractivity contribution in [3.05, 3.63) is 117 Å². The molecular formula is C32H17BrF4N4. The van der Waals surface area contributed by atoms with E-state index in [1.165, 1.54) is 36.4 Å².